The third-order valence-corrected chi connectivity index (χ3v) is 4.43. The number of pyridine rings is 1. The Balaban J connectivity index is 1.99. The van der Waals surface area contributed by atoms with Gasteiger partial charge in [0, 0.05) is 19.6 Å². The number of aromatic nitrogens is 1. The van der Waals surface area contributed by atoms with Gasteiger partial charge in [0.15, 0.2) is 0 Å². The van der Waals surface area contributed by atoms with Crippen LogP contribution in [0.5, 0.6) is 0 Å². The van der Waals surface area contributed by atoms with Crippen LogP contribution in [-0.2, 0) is 0 Å². The SMILES string of the molecule is O=C(Nc1cccc2ncccc12)c1cc(I)ccc1Br. The maximum Gasteiger partial charge on any atom is 0.256 e. The quantitative estimate of drug-likeness (QED) is 0.564. The van der Waals surface area contributed by atoms with Gasteiger partial charge in [-0.25, -0.2) is 0 Å². The number of carbonyl (C=O) groups excluding carboxylic acids is 1. The van der Waals surface area contributed by atoms with Crippen LogP contribution in [0.1, 0.15) is 10.4 Å². The molecule has 104 valence electrons. The molecule has 0 aliphatic heterocycles. The van der Waals surface area contributed by atoms with E-state index in [9.17, 15) is 4.79 Å². The van der Waals surface area contributed by atoms with Gasteiger partial charge in [-0.2, -0.15) is 0 Å². The molecule has 0 saturated carbocycles. The highest BCUT2D eigenvalue weighted by molar-refractivity contribution is 14.1. The van der Waals surface area contributed by atoms with E-state index < -0.39 is 0 Å². The summed E-state index contributed by atoms with van der Waals surface area (Å²) in [6, 6.07) is 15.2. The number of hydrogen-bond donors (Lipinski definition) is 1. The predicted octanol–water partition coefficient (Wildman–Crippen LogP) is 4.85. The van der Waals surface area contributed by atoms with Crippen molar-refractivity contribution in [2.45, 2.75) is 0 Å². The molecule has 0 fully saturated rings. The van der Waals surface area contributed by atoms with Crippen molar-refractivity contribution < 1.29 is 4.79 Å². The van der Waals surface area contributed by atoms with Crippen molar-refractivity contribution in [1.29, 1.82) is 0 Å². The predicted molar refractivity (Wildman–Crippen MR) is 96.6 cm³/mol. The molecule has 3 aromatic rings. The van der Waals surface area contributed by atoms with Crippen molar-refractivity contribution in [2.24, 2.45) is 0 Å². The fraction of sp³-hybridized carbons (Fsp3) is 0. The minimum atomic E-state index is -0.142. The highest BCUT2D eigenvalue weighted by Gasteiger charge is 2.12. The molecule has 0 saturated heterocycles. The molecule has 0 spiro atoms. The summed E-state index contributed by atoms with van der Waals surface area (Å²) in [5, 5.41) is 3.88. The lowest BCUT2D eigenvalue weighted by Crippen LogP contribution is -2.13. The Morgan fingerprint density at radius 1 is 1.14 bits per heavy atom. The molecule has 1 amide bonds. The summed E-state index contributed by atoms with van der Waals surface area (Å²) in [6.07, 6.45) is 1.74. The zero-order valence-corrected chi connectivity index (χ0v) is 14.6. The van der Waals surface area contributed by atoms with Crippen LogP contribution in [0.3, 0.4) is 0 Å². The lowest BCUT2D eigenvalue weighted by atomic mass is 10.1. The van der Waals surface area contributed by atoms with Gasteiger partial charge in [-0.3, -0.25) is 9.78 Å². The van der Waals surface area contributed by atoms with Crippen LogP contribution in [0.25, 0.3) is 10.9 Å². The molecular weight excluding hydrogens is 443 g/mol. The van der Waals surface area contributed by atoms with Crippen LogP contribution < -0.4 is 5.32 Å². The van der Waals surface area contributed by atoms with Gasteiger partial charge in [0.25, 0.3) is 5.91 Å². The summed E-state index contributed by atoms with van der Waals surface area (Å²) in [6.45, 7) is 0. The minimum absolute atomic E-state index is 0.142. The van der Waals surface area contributed by atoms with Gasteiger partial charge in [-0.05, 0) is 81.0 Å². The van der Waals surface area contributed by atoms with Crippen molar-refractivity contribution in [3.8, 4) is 0 Å². The lowest BCUT2D eigenvalue weighted by molar-refractivity contribution is 0.102. The van der Waals surface area contributed by atoms with E-state index in [1.165, 1.54) is 0 Å². The molecule has 0 atom stereocenters. The second-order valence-corrected chi connectivity index (χ2v) is 6.55. The van der Waals surface area contributed by atoms with Crippen LogP contribution in [0, 0.1) is 3.57 Å². The summed E-state index contributed by atoms with van der Waals surface area (Å²) >= 11 is 5.61. The number of anilines is 1. The van der Waals surface area contributed by atoms with Crippen LogP contribution in [-0.4, -0.2) is 10.9 Å². The van der Waals surface area contributed by atoms with E-state index >= 15 is 0 Å². The molecule has 21 heavy (non-hydrogen) atoms. The van der Waals surface area contributed by atoms with Crippen LogP contribution in [0.4, 0.5) is 5.69 Å². The summed E-state index contributed by atoms with van der Waals surface area (Å²) < 4.78 is 1.79. The van der Waals surface area contributed by atoms with Crippen LogP contribution in [0.15, 0.2) is 59.2 Å². The maximum atomic E-state index is 12.5. The van der Waals surface area contributed by atoms with Gasteiger partial charge in [0.05, 0.1) is 16.8 Å². The lowest BCUT2D eigenvalue weighted by Gasteiger charge is -2.09. The van der Waals surface area contributed by atoms with Crippen LogP contribution >= 0.6 is 38.5 Å². The molecule has 1 heterocycles. The molecule has 0 aliphatic carbocycles. The monoisotopic (exact) mass is 452 g/mol. The van der Waals surface area contributed by atoms with Crippen molar-refractivity contribution >= 4 is 61.0 Å². The number of fused-ring (bicyclic) bond motifs is 1. The Bertz CT molecular complexity index is 830. The topological polar surface area (TPSA) is 42.0 Å². The number of rotatable bonds is 2. The number of nitrogens with zero attached hydrogens (tertiary/aromatic N) is 1. The minimum Gasteiger partial charge on any atom is -0.321 e. The molecule has 0 radical (unpaired) electrons. The summed E-state index contributed by atoms with van der Waals surface area (Å²) in [4.78, 5) is 16.8. The fourth-order valence-electron chi connectivity index (χ4n) is 2.07. The molecule has 3 rings (SSSR count). The number of hydrogen-bond acceptors (Lipinski definition) is 2. The maximum absolute atomic E-state index is 12.5. The van der Waals surface area contributed by atoms with Crippen molar-refractivity contribution in [3.05, 3.63) is 68.3 Å². The number of halogens is 2. The summed E-state index contributed by atoms with van der Waals surface area (Å²) in [5.41, 5.74) is 2.23. The average molecular weight is 453 g/mol. The van der Waals surface area contributed by atoms with Crippen molar-refractivity contribution in [2.75, 3.05) is 5.32 Å². The van der Waals surface area contributed by atoms with Gasteiger partial charge in [-0.15, -0.1) is 0 Å². The molecule has 2 aromatic carbocycles. The Labute approximate surface area is 144 Å². The molecule has 1 aromatic heterocycles. The van der Waals surface area contributed by atoms with Gasteiger partial charge in [-0.1, -0.05) is 6.07 Å². The first-order valence-corrected chi connectivity index (χ1v) is 8.12. The highest BCUT2D eigenvalue weighted by atomic mass is 127. The highest BCUT2D eigenvalue weighted by Crippen LogP contribution is 2.24. The van der Waals surface area contributed by atoms with E-state index in [1.807, 2.05) is 48.5 Å². The summed E-state index contributed by atoms with van der Waals surface area (Å²) in [7, 11) is 0. The Hall–Kier alpha value is -1.47. The molecule has 0 aliphatic rings. The normalized spacial score (nSPS) is 10.6. The second kappa shape index (κ2) is 6.11. The zero-order valence-electron chi connectivity index (χ0n) is 10.8. The van der Waals surface area contributed by atoms with Crippen LogP contribution in [0.2, 0.25) is 0 Å². The molecule has 5 heteroatoms. The van der Waals surface area contributed by atoms with Gasteiger partial charge in [0.1, 0.15) is 0 Å². The van der Waals surface area contributed by atoms with Gasteiger partial charge >= 0.3 is 0 Å². The third-order valence-electron chi connectivity index (χ3n) is 3.07. The van der Waals surface area contributed by atoms with E-state index in [0.717, 1.165) is 24.6 Å². The Kier molecular flexibility index (Phi) is 4.21. The standard InChI is InChI=1S/C16H10BrIN2O/c17-13-7-6-10(18)9-12(13)16(21)20-15-5-1-4-14-11(15)3-2-8-19-14/h1-9H,(H,20,21). The molecule has 1 N–H and O–H groups in total. The van der Waals surface area contributed by atoms with E-state index in [1.54, 1.807) is 6.20 Å². The first-order chi connectivity index (χ1) is 10.1. The number of carbonyl (C=O) groups is 1. The van der Waals surface area contributed by atoms with Gasteiger partial charge < -0.3 is 5.32 Å². The van der Waals surface area contributed by atoms with E-state index in [4.69, 9.17) is 0 Å². The fourth-order valence-corrected chi connectivity index (χ4v) is 2.99. The van der Waals surface area contributed by atoms with Gasteiger partial charge in [0.2, 0.25) is 0 Å². The average Bonchev–Trinajstić information content (AvgIpc) is 2.50. The Morgan fingerprint density at radius 2 is 2.00 bits per heavy atom. The first-order valence-electron chi connectivity index (χ1n) is 6.25. The third kappa shape index (κ3) is 3.08. The number of amides is 1. The molecular formula is C16H10BrIN2O. The number of benzene rings is 2. The molecule has 3 nitrogen and oxygen atoms in total. The first kappa shape index (κ1) is 14.5. The van der Waals surface area contributed by atoms with Crippen molar-refractivity contribution in [3.63, 3.8) is 0 Å². The molecule has 0 bridgehead atoms. The number of nitrogens with one attached hydrogen (secondary N) is 1. The zero-order chi connectivity index (χ0) is 14.8. The summed E-state index contributed by atoms with van der Waals surface area (Å²) in [5.74, 6) is -0.142. The van der Waals surface area contributed by atoms with E-state index in [0.29, 0.717) is 5.56 Å². The van der Waals surface area contributed by atoms with Crippen molar-refractivity contribution in [1.82, 2.24) is 4.98 Å². The second-order valence-electron chi connectivity index (χ2n) is 4.45. The largest absolute Gasteiger partial charge is 0.321 e. The van der Waals surface area contributed by atoms with E-state index in [2.05, 4.69) is 48.8 Å². The molecule has 0 unspecified atom stereocenters. The van der Waals surface area contributed by atoms with E-state index in [-0.39, 0.29) is 5.91 Å². The Morgan fingerprint density at radius 3 is 2.86 bits per heavy atom. The smallest absolute Gasteiger partial charge is 0.256 e.